The van der Waals surface area contributed by atoms with Crippen molar-refractivity contribution in [2.75, 3.05) is 44.1 Å². The fourth-order valence-electron chi connectivity index (χ4n) is 1.29. The lowest BCUT2D eigenvalue weighted by Gasteiger charge is -2.19. The molecule has 84 valence electrons. The topological polar surface area (TPSA) is 37.4 Å². The highest BCUT2D eigenvalue weighted by Gasteiger charge is 2.01. The Balaban J connectivity index is 2.62. The van der Waals surface area contributed by atoms with Crippen LogP contribution in [0.1, 0.15) is 6.92 Å². The first kappa shape index (κ1) is 11.8. The van der Waals surface area contributed by atoms with E-state index in [1.165, 1.54) is 0 Å². The maximum absolute atomic E-state index is 5.03. The van der Waals surface area contributed by atoms with Gasteiger partial charge in [-0.3, -0.25) is 4.98 Å². The van der Waals surface area contributed by atoms with Crippen molar-refractivity contribution in [2.24, 2.45) is 0 Å². The highest BCUT2D eigenvalue weighted by molar-refractivity contribution is 5.55. The third kappa shape index (κ3) is 3.75. The zero-order valence-electron chi connectivity index (χ0n) is 9.66. The maximum Gasteiger partial charge on any atom is 0.0637 e. The van der Waals surface area contributed by atoms with Crippen LogP contribution in [0.15, 0.2) is 18.5 Å². The minimum absolute atomic E-state index is 0.724. The second-order valence-electron chi connectivity index (χ2n) is 3.38. The number of nitrogens with one attached hydrogen (secondary N) is 1. The number of ether oxygens (including phenoxy) is 1. The molecule has 0 aliphatic rings. The van der Waals surface area contributed by atoms with Crippen molar-refractivity contribution < 1.29 is 4.74 Å². The molecule has 0 bridgehead atoms. The molecular formula is C11H19N3O. The van der Waals surface area contributed by atoms with E-state index in [9.17, 15) is 0 Å². The van der Waals surface area contributed by atoms with E-state index in [2.05, 4.69) is 28.2 Å². The van der Waals surface area contributed by atoms with Crippen LogP contribution in [-0.4, -0.2) is 38.8 Å². The van der Waals surface area contributed by atoms with Gasteiger partial charge in [0, 0.05) is 27.2 Å². The highest BCUT2D eigenvalue weighted by atomic mass is 16.5. The largest absolute Gasteiger partial charge is 0.384 e. The smallest absolute Gasteiger partial charge is 0.0637 e. The molecule has 1 heterocycles. The van der Waals surface area contributed by atoms with Gasteiger partial charge in [-0.25, -0.2) is 0 Å². The van der Waals surface area contributed by atoms with E-state index in [4.69, 9.17) is 4.74 Å². The molecule has 0 saturated carbocycles. The van der Waals surface area contributed by atoms with E-state index in [-0.39, 0.29) is 0 Å². The van der Waals surface area contributed by atoms with Crippen molar-refractivity contribution in [1.82, 2.24) is 4.98 Å². The first-order valence-electron chi connectivity index (χ1n) is 5.17. The molecule has 0 aliphatic carbocycles. The van der Waals surface area contributed by atoms with Gasteiger partial charge in [0.25, 0.3) is 0 Å². The predicted molar refractivity (Wildman–Crippen MR) is 63.5 cm³/mol. The van der Waals surface area contributed by atoms with Crippen molar-refractivity contribution >= 4 is 11.4 Å². The van der Waals surface area contributed by atoms with Gasteiger partial charge in [0.15, 0.2) is 0 Å². The summed E-state index contributed by atoms with van der Waals surface area (Å²) >= 11 is 0. The normalized spacial score (nSPS) is 10.1. The lowest BCUT2D eigenvalue weighted by molar-refractivity contribution is 0.206. The number of hydrogen-bond donors (Lipinski definition) is 1. The van der Waals surface area contributed by atoms with Crippen molar-refractivity contribution in [2.45, 2.75) is 6.92 Å². The number of likely N-dealkylation sites (N-methyl/N-ethyl adjacent to an activating group) is 1. The van der Waals surface area contributed by atoms with Crippen LogP contribution in [0.5, 0.6) is 0 Å². The summed E-state index contributed by atoms with van der Waals surface area (Å²) in [6.07, 6.45) is 3.69. The molecule has 0 amide bonds. The van der Waals surface area contributed by atoms with Crippen LogP contribution < -0.4 is 10.2 Å². The Morgan fingerprint density at radius 2 is 2.27 bits per heavy atom. The molecule has 0 atom stereocenters. The highest BCUT2D eigenvalue weighted by Crippen LogP contribution is 2.15. The second kappa shape index (κ2) is 6.24. The summed E-state index contributed by atoms with van der Waals surface area (Å²) in [6, 6.07) is 2.09. The number of methoxy groups -OCH3 is 1. The Bertz CT molecular complexity index is 291. The number of rotatable bonds is 6. The molecule has 0 saturated heterocycles. The average Bonchev–Trinajstić information content (AvgIpc) is 2.27. The molecule has 0 radical (unpaired) electrons. The SMILES string of the molecule is CCNc1cncc(N(C)CCOC)c1. The molecular weight excluding hydrogens is 190 g/mol. The van der Waals surface area contributed by atoms with E-state index >= 15 is 0 Å². The molecule has 15 heavy (non-hydrogen) atoms. The van der Waals surface area contributed by atoms with Gasteiger partial charge in [-0.15, -0.1) is 0 Å². The number of anilines is 2. The van der Waals surface area contributed by atoms with Crippen molar-refractivity contribution in [1.29, 1.82) is 0 Å². The molecule has 1 aromatic rings. The number of hydrogen-bond acceptors (Lipinski definition) is 4. The average molecular weight is 209 g/mol. The Kier molecular flexibility index (Phi) is 4.90. The third-order valence-corrected chi connectivity index (χ3v) is 2.18. The van der Waals surface area contributed by atoms with Crippen LogP contribution in [0.2, 0.25) is 0 Å². The van der Waals surface area contributed by atoms with Gasteiger partial charge in [-0.05, 0) is 13.0 Å². The Labute approximate surface area is 91.3 Å². The molecule has 1 rings (SSSR count). The van der Waals surface area contributed by atoms with Crippen LogP contribution >= 0.6 is 0 Å². The molecule has 0 aromatic carbocycles. The number of aromatic nitrogens is 1. The minimum atomic E-state index is 0.724. The summed E-state index contributed by atoms with van der Waals surface area (Å²) in [5.74, 6) is 0. The first-order valence-corrected chi connectivity index (χ1v) is 5.17. The van der Waals surface area contributed by atoms with Gasteiger partial charge in [0.1, 0.15) is 0 Å². The van der Waals surface area contributed by atoms with E-state index < -0.39 is 0 Å². The van der Waals surface area contributed by atoms with Gasteiger partial charge in [0.2, 0.25) is 0 Å². The fraction of sp³-hybridized carbons (Fsp3) is 0.545. The Morgan fingerprint density at radius 3 is 2.93 bits per heavy atom. The molecule has 0 aliphatic heterocycles. The zero-order chi connectivity index (χ0) is 11.1. The summed E-state index contributed by atoms with van der Waals surface area (Å²) in [6.45, 7) is 4.57. The minimum Gasteiger partial charge on any atom is -0.384 e. The lowest BCUT2D eigenvalue weighted by atomic mass is 10.3. The van der Waals surface area contributed by atoms with Crippen LogP contribution in [-0.2, 0) is 4.74 Å². The standard InChI is InChI=1S/C11H19N3O/c1-4-13-10-7-11(9-12-8-10)14(2)5-6-15-3/h7-9,13H,4-6H2,1-3H3. The third-order valence-electron chi connectivity index (χ3n) is 2.18. The van der Waals surface area contributed by atoms with E-state index in [1.54, 1.807) is 7.11 Å². The van der Waals surface area contributed by atoms with Crippen LogP contribution in [0.25, 0.3) is 0 Å². The van der Waals surface area contributed by atoms with Gasteiger partial charge >= 0.3 is 0 Å². The van der Waals surface area contributed by atoms with Crippen LogP contribution in [0, 0.1) is 0 Å². The molecule has 0 fully saturated rings. The summed E-state index contributed by atoms with van der Waals surface area (Å²) in [5, 5.41) is 3.24. The quantitative estimate of drug-likeness (QED) is 0.772. The van der Waals surface area contributed by atoms with Gasteiger partial charge in [0.05, 0.1) is 30.4 Å². The maximum atomic E-state index is 5.03. The van der Waals surface area contributed by atoms with Crippen molar-refractivity contribution in [3.05, 3.63) is 18.5 Å². The molecule has 0 spiro atoms. The second-order valence-corrected chi connectivity index (χ2v) is 3.38. The molecule has 4 nitrogen and oxygen atoms in total. The van der Waals surface area contributed by atoms with Crippen molar-refractivity contribution in [3.63, 3.8) is 0 Å². The molecule has 1 aromatic heterocycles. The van der Waals surface area contributed by atoms with Gasteiger partial charge < -0.3 is 15.0 Å². The number of nitrogens with zero attached hydrogens (tertiary/aromatic N) is 2. The summed E-state index contributed by atoms with van der Waals surface area (Å²) in [5.41, 5.74) is 2.16. The Morgan fingerprint density at radius 1 is 1.47 bits per heavy atom. The number of pyridine rings is 1. The van der Waals surface area contributed by atoms with Gasteiger partial charge in [-0.2, -0.15) is 0 Å². The fourth-order valence-corrected chi connectivity index (χ4v) is 1.29. The lowest BCUT2D eigenvalue weighted by Crippen LogP contribution is -2.22. The monoisotopic (exact) mass is 209 g/mol. The van der Waals surface area contributed by atoms with Crippen LogP contribution in [0.3, 0.4) is 0 Å². The van der Waals surface area contributed by atoms with Crippen molar-refractivity contribution in [3.8, 4) is 0 Å². The summed E-state index contributed by atoms with van der Waals surface area (Å²) < 4.78 is 5.03. The molecule has 1 N–H and O–H groups in total. The van der Waals surface area contributed by atoms with Gasteiger partial charge in [-0.1, -0.05) is 0 Å². The Hall–Kier alpha value is -1.29. The summed E-state index contributed by atoms with van der Waals surface area (Å²) in [7, 11) is 3.74. The summed E-state index contributed by atoms with van der Waals surface area (Å²) in [4.78, 5) is 6.31. The van der Waals surface area contributed by atoms with E-state index in [0.717, 1.165) is 31.1 Å². The predicted octanol–water partition coefficient (Wildman–Crippen LogP) is 1.60. The molecule has 0 unspecified atom stereocenters. The zero-order valence-corrected chi connectivity index (χ0v) is 9.66. The van der Waals surface area contributed by atoms with Crippen LogP contribution in [0.4, 0.5) is 11.4 Å². The first-order chi connectivity index (χ1) is 7.27. The van der Waals surface area contributed by atoms with E-state index in [1.807, 2.05) is 19.4 Å². The van der Waals surface area contributed by atoms with E-state index in [0.29, 0.717) is 0 Å². The molecule has 4 heteroatoms.